The predicted molar refractivity (Wildman–Crippen MR) is 62.2 cm³/mol. The number of β-amino-alcohol motifs (C(OH)–C–C–N with tert-alkyl or cyclic N) is 1. The maximum atomic E-state index is 10.0. The van der Waals surface area contributed by atoms with Crippen LogP contribution in [0.1, 0.15) is 25.5 Å². The van der Waals surface area contributed by atoms with Crippen LogP contribution in [0.5, 0.6) is 0 Å². The second-order valence-electron chi connectivity index (χ2n) is 4.45. The maximum absolute atomic E-state index is 10.0. The molecule has 0 amide bonds. The number of hydrogen-bond acceptors (Lipinski definition) is 4. The molecular weight excluding hydrogens is 226 g/mol. The Hall–Kier alpha value is -0.710. The molecule has 1 N–H and O–H groups in total. The van der Waals surface area contributed by atoms with E-state index in [1.807, 2.05) is 0 Å². The number of aliphatic hydroxyl groups is 1. The van der Waals surface area contributed by atoms with Crippen LogP contribution in [0.3, 0.4) is 0 Å². The van der Waals surface area contributed by atoms with Crippen LogP contribution < -0.4 is 0 Å². The largest absolute Gasteiger partial charge is 0.387 e. The van der Waals surface area contributed by atoms with Crippen LogP contribution in [0.15, 0.2) is 12.4 Å². The third kappa shape index (κ3) is 2.70. The molecule has 0 aromatic carbocycles. The van der Waals surface area contributed by atoms with Gasteiger partial charge in [-0.2, -0.15) is 0 Å². The van der Waals surface area contributed by atoms with Gasteiger partial charge < -0.3 is 5.11 Å². The quantitative estimate of drug-likeness (QED) is 0.868. The molecule has 0 atom stereocenters. The number of likely N-dealkylation sites (tertiary alicyclic amines) is 1. The molecule has 1 aliphatic rings. The average Bonchev–Trinajstić information content (AvgIpc) is 2.19. The summed E-state index contributed by atoms with van der Waals surface area (Å²) in [7, 11) is 0. The molecule has 1 saturated heterocycles. The molecular formula is C11H16ClN3O. The van der Waals surface area contributed by atoms with Crippen molar-refractivity contribution in [3.05, 3.63) is 23.2 Å². The van der Waals surface area contributed by atoms with E-state index in [1.54, 1.807) is 12.4 Å². The topological polar surface area (TPSA) is 49.2 Å². The van der Waals surface area contributed by atoms with Gasteiger partial charge in [-0.15, -0.1) is 0 Å². The second kappa shape index (κ2) is 4.65. The fourth-order valence-corrected chi connectivity index (χ4v) is 2.27. The van der Waals surface area contributed by atoms with Gasteiger partial charge in [-0.05, 0) is 6.42 Å². The number of halogens is 1. The highest BCUT2D eigenvalue weighted by molar-refractivity contribution is 6.29. The average molecular weight is 242 g/mol. The van der Waals surface area contributed by atoms with Crippen molar-refractivity contribution in [3.8, 4) is 0 Å². The molecule has 2 heterocycles. The molecule has 16 heavy (non-hydrogen) atoms. The van der Waals surface area contributed by atoms with E-state index in [0.29, 0.717) is 5.15 Å². The van der Waals surface area contributed by atoms with Crippen LogP contribution in [0.25, 0.3) is 0 Å². The van der Waals surface area contributed by atoms with E-state index in [9.17, 15) is 5.11 Å². The zero-order valence-corrected chi connectivity index (χ0v) is 10.1. The summed E-state index contributed by atoms with van der Waals surface area (Å²) in [4.78, 5) is 10.3. The first-order valence-corrected chi connectivity index (χ1v) is 5.90. The molecule has 5 heteroatoms. The first-order chi connectivity index (χ1) is 7.61. The van der Waals surface area contributed by atoms with Crippen molar-refractivity contribution in [2.75, 3.05) is 13.1 Å². The van der Waals surface area contributed by atoms with E-state index >= 15 is 0 Å². The van der Waals surface area contributed by atoms with Gasteiger partial charge in [0, 0.05) is 19.6 Å². The Morgan fingerprint density at radius 3 is 2.75 bits per heavy atom. The van der Waals surface area contributed by atoms with Gasteiger partial charge in [-0.3, -0.25) is 9.88 Å². The molecule has 2 rings (SSSR count). The van der Waals surface area contributed by atoms with Gasteiger partial charge >= 0.3 is 0 Å². The SMILES string of the molecule is CCCC1(O)CN(Cc2cnc(Cl)cn2)C1. The minimum atomic E-state index is -0.478. The molecule has 0 spiro atoms. The highest BCUT2D eigenvalue weighted by atomic mass is 35.5. The Balaban J connectivity index is 1.83. The van der Waals surface area contributed by atoms with Crippen LogP contribution >= 0.6 is 11.6 Å². The van der Waals surface area contributed by atoms with Gasteiger partial charge in [0.15, 0.2) is 0 Å². The Kier molecular flexibility index (Phi) is 3.42. The fraction of sp³-hybridized carbons (Fsp3) is 0.636. The van der Waals surface area contributed by atoms with Gasteiger partial charge in [0.25, 0.3) is 0 Å². The van der Waals surface area contributed by atoms with Crippen molar-refractivity contribution in [1.82, 2.24) is 14.9 Å². The number of aromatic nitrogens is 2. The number of rotatable bonds is 4. The standard InChI is InChI=1S/C11H16ClN3O/c1-2-3-11(16)7-15(8-11)6-9-4-14-10(12)5-13-9/h4-5,16H,2-3,6-8H2,1H3. The minimum absolute atomic E-state index is 0.412. The van der Waals surface area contributed by atoms with E-state index in [-0.39, 0.29) is 0 Å². The van der Waals surface area contributed by atoms with Gasteiger partial charge in [-0.1, -0.05) is 24.9 Å². The lowest BCUT2D eigenvalue weighted by Gasteiger charge is -2.46. The van der Waals surface area contributed by atoms with Crippen molar-refractivity contribution in [2.24, 2.45) is 0 Å². The summed E-state index contributed by atoms with van der Waals surface area (Å²) in [6.07, 6.45) is 5.12. The van der Waals surface area contributed by atoms with Gasteiger partial charge in [-0.25, -0.2) is 4.98 Å². The summed E-state index contributed by atoms with van der Waals surface area (Å²) in [6.45, 7) is 4.28. The number of nitrogens with zero attached hydrogens (tertiary/aromatic N) is 3. The Morgan fingerprint density at radius 2 is 2.19 bits per heavy atom. The fourth-order valence-electron chi connectivity index (χ4n) is 2.17. The van der Waals surface area contributed by atoms with Crippen LogP contribution in [0, 0.1) is 0 Å². The number of hydrogen-bond donors (Lipinski definition) is 1. The summed E-state index contributed by atoms with van der Waals surface area (Å²) >= 11 is 5.66. The smallest absolute Gasteiger partial charge is 0.147 e. The summed E-state index contributed by atoms with van der Waals surface area (Å²) in [6, 6.07) is 0. The lowest BCUT2D eigenvalue weighted by Crippen LogP contribution is -2.61. The van der Waals surface area contributed by atoms with Crippen molar-refractivity contribution in [3.63, 3.8) is 0 Å². The molecule has 0 saturated carbocycles. The minimum Gasteiger partial charge on any atom is -0.387 e. The molecule has 88 valence electrons. The van der Waals surface area contributed by atoms with Gasteiger partial charge in [0.1, 0.15) is 5.15 Å². The molecule has 0 unspecified atom stereocenters. The zero-order valence-electron chi connectivity index (χ0n) is 9.36. The van der Waals surface area contributed by atoms with Crippen LogP contribution in [-0.2, 0) is 6.54 Å². The monoisotopic (exact) mass is 241 g/mol. The van der Waals surface area contributed by atoms with Crippen LogP contribution in [-0.4, -0.2) is 38.7 Å². The molecule has 1 fully saturated rings. The van der Waals surface area contributed by atoms with Crippen molar-refractivity contribution in [1.29, 1.82) is 0 Å². The second-order valence-corrected chi connectivity index (χ2v) is 4.84. The van der Waals surface area contributed by atoms with Gasteiger partial charge in [0.2, 0.25) is 0 Å². The highest BCUT2D eigenvalue weighted by Crippen LogP contribution is 2.26. The normalized spacial score (nSPS) is 19.4. The molecule has 1 aliphatic heterocycles. The van der Waals surface area contributed by atoms with E-state index in [4.69, 9.17) is 11.6 Å². The van der Waals surface area contributed by atoms with Crippen molar-refractivity contribution < 1.29 is 5.11 Å². The van der Waals surface area contributed by atoms with E-state index in [1.165, 1.54) is 0 Å². The molecule has 4 nitrogen and oxygen atoms in total. The predicted octanol–water partition coefficient (Wildman–Crippen LogP) is 1.48. The van der Waals surface area contributed by atoms with E-state index in [2.05, 4.69) is 21.8 Å². The van der Waals surface area contributed by atoms with Crippen molar-refractivity contribution in [2.45, 2.75) is 31.9 Å². The zero-order chi connectivity index (χ0) is 11.6. The Morgan fingerprint density at radius 1 is 1.44 bits per heavy atom. The summed E-state index contributed by atoms with van der Waals surface area (Å²) in [5, 5.41) is 10.4. The van der Waals surface area contributed by atoms with Gasteiger partial charge in [0.05, 0.1) is 23.7 Å². The Labute approximate surface area is 100 Å². The summed E-state index contributed by atoms with van der Waals surface area (Å²) < 4.78 is 0. The molecule has 0 aliphatic carbocycles. The van der Waals surface area contributed by atoms with Crippen molar-refractivity contribution >= 4 is 11.6 Å². The molecule has 1 aromatic heterocycles. The van der Waals surface area contributed by atoms with Crippen LogP contribution in [0.4, 0.5) is 0 Å². The lowest BCUT2D eigenvalue weighted by atomic mass is 9.89. The van der Waals surface area contributed by atoms with E-state index < -0.39 is 5.60 Å². The van der Waals surface area contributed by atoms with Crippen LogP contribution in [0.2, 0.25) is 5.15 Å². The van der Waals surface area contributed by atoms with E-state index in [0.717, 1.165) is 38.2 Å². The lowest BCUT2D eigenvalue weighted by molar-refractivity contribution is -0.107. The maximum Gasteiger partial charge on any atom is 0.147 e. The third-order valence-electron chi connectivity index (χ3n) is 2.81. The molecule has 1 aromatic rings. The first kappa shape index (κ1) is 11.8. The Bertz CT molecular complexity index is 349. The molecule has 0 radical (unpaired) electrons. The highest BCUT2D eigenvalue weighted by Gasteiger charge is 2.39. The third-order valence-corrected chi connectivity index (χ3v) is 3.01. The molecule has 0 bridgehead atoms. The summed E-state index contributed by atoms with van der Waals surface area (Å²) in [5.41, 5.74) is 0.414. The summed E-state index contributed by atoms with van der Waals surface area (Å²) in [5.74, 6) is 0. The first-order valence-electron chi connectivity index (χ1n) is 5.52.